The highest BCUT2D eigenvalue weighted by atomic mass is 32.2. The molecular weight excluding hydrogens is 359 g/mol. The third-order valence-corrected chi connectivity index (χ3v) is 4.80. The van der Waals surface area contributed by atoms with Crippen LogP contribution >= 0.6 is 0 Å². The predicted octanol–water partition coefficient (Wildman–Crippen LogP) is 2.82. The van der Waals surface area contributed by atoms with Gasteiger partial charge in [-0.15, -0.1) is 0 Å². The summed E-state index contributed by atoms with van der Waals surface area (Å²) in [5, 5.41) is 2.58. The van der Waals surface area contributed by atoms with E-state index >= 15 is 0 Å². The number of rotatable bonds is 7. The van der Waals surface area contributed by atoms with Crippen molar-refractivity contribution in [3.63, 3.8) is 0 Å². The van der Waals surface area contributed by atoms with Crippen molar-refractivity contribution in [2.24, 2.45) is 0 Å². The fourth-order valence-corrected chi connectivity index (χ4v) is 3.25. The minimum absolute atomic E-state index is 0.0901. The normalized spacial score (nSPS) is 11.0. The molecule has 138 valence electrons. The molecule has 2 aromatic rings. The van der Waals surface area contributed by atoms with E-state index in [1.807, 2.05) is 0 Å². The number of nitrogens with one attached hydrogen (secondary N) is 1. The summed E-state index contributed by atoms with van der Waals surface area (Å²) < 4.78 is 38.1. The van der Waals surface area contributed by atoms with Crippen LogP contribution in [0.25, 0.3) is 0 Å². The van der Waals surface area contributed by atoms with Gasteiger partial charge in [-0.05, 0) is 43.3 Å². The van der Waals surface area contributed by atoms with Crippen LogP contribution in [0.1, 0.15) is 23.7 Å². The molecule has 2 rings (SSSR count). The van der Waals surface area contributed by atoms with Gasteiger partial charge in [-0.1, -0.05) is 12.1 Å². The first kappa shape index (κ1) is 19.6. The molecule has 8 heteroatoms. The van der Waals surface area contributed by atoms with Gasteiger partial charge in [0.05, 0.1) is 11.9 Å². The Morgan fingerprint density at radius 2 is 1.77 bits per heavy atom. The highest BCUT2D eigenvalue weighted by Gasteiger charge is 2.19. The number of ketones is 1. The molecule has 0 fully saturated rings. The van der Waals surface area contributed by atoms with E-state index < -0.39 is 21.7 Å². The van der Waals surface area contributed by atoms with Crippen LogP contribution in [-0.4, -0.2) is 32.9 Å². The maximum absolute atomic E-state index is 12.9. The van der Waals surface area contributed by atoms with Crippen molar-refractivity contribution in [1.29, 1.82) is 0 Å². The van der Waals surface area contributed by atoms with E-state index in [2.05, 4.69) is 5.32 Å². The molecule has 2 aromatic carbocycles. The third kappa shape index (κ3) is 5.38. The van der Waals surface area contributed by atoms with Crippen molar-refractivity contribution in [2.45, 2.75) is 13.3 Å². The standard InChI is InChI=1S/C18H19FN2O4S/c1-13(22)14-4-3-5-17(12-14)21(26(2,24)25)11-10-18(23)20-16-8-6-15(19)7-9-16/h3-9,12H,10-11H2,1-2H3,(H,20,23). The highest BCUT2D eigenvalue weighted by molar-refractivity contribution is 7.92. The lowest BCUT2D eigenvalue weighted by Crippen LogP contribution is -2.33. The van der Waals surface area contributed by atoms with Gasteiger partial charge >= 0.3 is 0 Å². The summed E-state index contributed by atoms with van der Waals surface area (Å²) in [6, 6.07) is 11.5. The Kier molecular flexibility index (Phi) is 6.10. The van der Waals surface area contributed by atoms with Crippen molar-refractivity contribution < 1.29 is 22.4 Å². The summed E-state index contributed by atoms with van der Waals surface area (Å²) in [5.41, 5.74) is 1.11. The average molecular weight is 378 g/mol. The van der Waals surface area contributed by atoms with Crippen LogP contribution in [0.3, 0.4) is 0 Å². The fraction of sp³-hybridized carbons (Fsp3) is 0.222. The minimum Gasteiger partial charge on any atom is -0.326 e. The lowest BCUT2D eigenvalue weighted by Gasteiger charge is -2.22. The van der Waals surface area contributed by atoms with Crippen molar-refractivity contribution in [3.8, 4) is 0 Å². The zero-order chi connectivity index (χ0) is 19.3. The molecular formula is C18H19FN2O4S. The number of Topliss-reactive ketones (excluding diaryl/α,β-unsaturated/α-hetero) is 1. The molecule has 0 aromatic heterocycles. The molecule has 1 N–H and O–H groups in total. The van der Waals surface area contributed by atoms with Crippen LogP contribution < -0.4 is 9.62 Å². The Bertz CT molecular complexity index is 911. The molecule has 0 aliphatic carbocycles. The van der Waals surface area contributed by atoms with Crippen LogP contribution in [0.15, 0.2) is 48.5 Å². The van der Waals surface area contributed by atoms with Crippen LogP contribution in [0, 0.1) is 5.82 Å². The Balaban J connectivity index is 2.11. The van der Waals surface area contributed by atoms with E-state index in [1.54, 1.807) is 18.2 Å². The summed E-state index contributed by atoms with van der Waals surface area (Å²) in [4.78, 5) is 23.6. The Morgan fingerprint density at radius 3 is 2.35 bits per heavy atom. The van der Waals surface area contributed by atoms with Gasteiger partial charge in [0.2, 0.25) is 15.9 Å². The van der Waals surface area contributed by atoms with Gasteiger partial charge in [0.25, 0.3) is 0 Å². The number of sulfonamides is 1. The molecule has 0 bridgehead atoms. The number of anilines is 2. The second-order valence-electron chi connectivity index (χ2n) is 5.75. The molecule has 6 nitrogen and oxygen atoms in total. The summed E-state index contributed by atoms with van der Waals surface area (Å²) in [5.74, 6) is -1.01. The van der Waals surface area contributed by atoms with E-state index in [4.69, 9.17) is 0 Å². The van der Waals surface area contributed by atoms with Crippen LogP contribution in [0.2, 0.25) is 0 Å². The minimum atomic E-state index is -3.64. The monoisotopic (exact) mass is 378 g/mol. The van der Waals surface area contributed by atoms with Gasteiger partial charge in [0.15, 0.2) is 5.78 Å². The average Bonchev–Trinajstić information content (AvgIpc) is 2.56. The second kappa shape index (κ2) is 8.09. The van der Waals surface area contributed by atoms with Crippen LogP contribution in [0.5, 0.6) is 0 Å². The first-order chi connectivity index (χ1) is 12.2. The molecule has 0 radical (unpaired) electrons. The summed E-state index contributed by atoms with van der Waals surface area (Å²) >= 11 is 0. The van der Waals surface area contributed by atoms with E-state index in [0.717, 1.165) is 10.6 Å². The number of hydrogen-bond donors (Lipinski definition) is 1. The maximum atomic E-state index is 12.9. The first-order valence-corrected chi connectivity index (χ1v) is 9.66. The topological polar surface area (TPSA) is 83.6 Å². The van der Waals surface area contributed by atoms with Crippen LogP contribution in [0.4, 0.5) is 15.8 Å². The number of benzene rings is 2. The smallest absolute Gasteiger partial charge is 0.232 e. The molecule has 26 heavy (non-hydrogen) atoms. The lowest BCUT2D eigenvalue weighted by atomic mass is 10.1. The number of carbonyl (C=O) groups excluding carboxylic acids is 2. The summed E-state index contributed by atoms with van der Waals surface area (Å²) in [7, 11) is -3.64. The van der Waals surface area contributed by atoms with Gasteiger partial charge in [0, 0.05) is 24.2 Å². The van der Waals surface area contributed by atoms with Gasteiger partial charge in [-0.2, -0.15) is 0 Å². The van der Waals surface area contributed by atoms with E-state index in [-0.39, 0.29) is 18.7 Å². The molecule has 0 unspecified atom stereocenters. The molecule has 0 saturated heterocycles. The fourth-order valence-electron chi connectivity index (χ4n) is 2.33. The number of hydrogen-bond acceptors (Lipinski definition) is 4. The van der Waals surface area contributed by atoms with Crippen molar-refractivity contribution in [1.82, 2.24) is 0 Å². The van der Waals surface area contributed by atoms with Crippen molar-refractivity contribution in [3.05, 3.63) is 59.9 Å². The van der Waals surface area contributed by atoms with Crippen LogP contribution in [-0.2, 0) is 14.8 Å². The summed E-state index contributed by atoms with van der Waals surface area (Å²) in [6.45, 7) is 1.30. The first-order valence-electron chi connectivity index (χ1n) is 7.81. The molecule has 0 aliphatic heterocycles. The van der Waals surface area contributed by atoms with E-state index in [9.17, 15) is 22.4 Å². The molecule has 0 heterocycles. The number of nitrogens with zero attached hydrogens (tertiary/aromatic N) is 1. The molecule has 1 amide bonds. The Morgan fingerprint density at radius 1 is 1.12 bits per heavy atom. The SMILES string of the molecule is CC(=O)c1cccc(N(CCC(=O)Nc2ccc(F)cc2)S(C)(=O)=O)c1. The van der Waals surface area contributed by atoms with E-state index in [1.165, 1.54) is 37.3 Å². The lowest BCUT2D eigenvalue weighted by molar-refractivity contribution is -0.116. The number of amides is 1. The third-order valence-electron chi connectivity index (χ3n) is 3.61. The van der Waals surface area contributed by atoms with Crippen molar-refractivity contribution in [2.75, 3.05) is 22.4 Å². The van der Waals surface area contributed by atoms with E-state index in [0.29, 0.717) is 16.9 Å². The van der Waals surface area contributed by atoms with Gasteiger partial charge in [-0.3, -0.25) is 13.9 Å². The van der Waals surface area contributed by atoms with Crippen molar-refractivity contribution >= 4 is 33.1 Å². The molecule has 0 aliphatic rings. The predicted molar refractivity (Wildman–Crippen MR) is 98.3 cm³/mol. The highest BCUT2D eigenvalue weighted by Crippen LogP contribution is 2.20. The Hall–Kier alpha value is -2.74. The molecule has 0 spiro atoms. The second-order valence-corrected chi connectivity index (χ2v) is 7.65. The Labute approximate surface area is 151 Å². The maximum Gasteiger partial charge on any atom is 0.232 e. The molecule has 0 saturated carbocycles. The summed E-state index contributed by atoms with van der Waals surface area (Å²) in [6.07, 6.45) is 0.931. The van der Waals surface area contributed by atoms with Gasteiger partial charge in [-0.25, -0.2) is 12.8 Å². The number of halogens is 1. The largest absolute Gasteiger partial charge is 0.326 e. The zero-order valence-electron chi connectivity index (χ0n) is 14.4. The number of carbonyl (C=O) groups is 2. The zero-order valence-corrected chi connectivity index (χ0v) is 15.2. The molecule has 0 atom stereocenters. The van der Waals surface area contributed by atoms with Gasteiger partial charge in [0.1, 0.15) is 5.82 Å². The quantitative estimate of drug-likeness (QED) is 0.751. The van der Waals surface area contributed by atoms with Gasteiger partial charge < -0.3 is 5.32 Å².